The molecule has 0 radical (unpaired) electrons. The molecule has 1 aliphatic rings. The standard InChI is InChI=1S/C20H26N6/c1-12-3-8-16(9-13(12)2)23-17-10-19(22)25-26-11-18(24-20(17)26)14-4-6-15(21)7-5-14/h3,8-11,14-15,23H,4-7,21H2,1-2H3,(H2,22,25)/t14-,15-. The van der Waals surface area contributed by atoms with Crippen molar-refractivity contribution < 1.29 is 0 Å². The van der Waals surface area contributed by atoms with Gasteiger partial charge in [0.05, 0.1) is 17.6 Å². The highest BCUT2D eigenvalue weighted by molar-refractivity contribution is 5.76. The highest BCUT2D eigenvalue weighted by atomic mass is 15.3. The minimum atomic E-state index is 0.332. The quantitative estimate of drug-likeness (QED) is 0.670. The van der Waals surface area contributed by atoms with Crippen LogP contribution in [0.1, 0.15) is 48.4 Å². The molecular weight excluding hydrogens is 324 g/mol. The topological polar surface area (TPSA) is 94.3 Å². The molecule has 6 heteroatoms. The van der Waals surface area contributed by atoms with Crippen LogP contribution >= 0.6 is 0 Å². The Labute approximate surface area is 153 Å². The monoisotopic (exact) mass is 350 g/mol. The average molecular weight is 350 g/mol. The summed E-state index contributed by atoms with van der Waals surface area (Å²) in [5.41, 5.74) is 18.4. The number of nitrogens with zero attached hydrogens (tertiary/aromatic N) is 3. The van der Waals surface area contributed by atoms with Crippen molar-refractivity contribution in [3.8, 4) is 0 Å². The summed E-state index contributed by atoms with van der Waals surface area (Å²) < 4.78 is 1.79. The van der Waals surface area contributed by atoms with E-state index >= 15 is 0 Å². The zero-order chi connectivity index (χ0) is 18.3. The molecular formula is C20H26N6. The lowest BCUT2D eigenvalue weighted by Gasteiger charge is -2.24. The molecule has 0 saturated heterocycles. The van der Waals surface area contributed by atoms with Gasteiger partial charge in [0, 0.05) is 23.7 Å². The first-order chi connectivity index (χ1) is 12.5. The molecule has 1 fully saturated rings. The summed E-state index contributed by atoms with van der Waals surface area (Å²) in [7, 11) is 0. The van der Waals surface area contributed by atoms with Crippen molar-refractivity contribution in [2.24, 2.45) is 5.73 Å². The molecule has 1 aromatic carbocycles. The number of aromatic nitrogens is 3. The van der Waals surface area contributed by atoms with E-state index < -0.39 is 0 Å². The van der Waals surface area contributed by atoms with Crippen molar-refractivity contribution >= 4 is 22.8 Å². The van der Waals surface area contributed by atoms with Crippen LogP contribution in [-0.2, 0) is 0 Å². The Morgan fingerprint density at radius 1 is 1.08 bits per heavy atom. The normalized spacial score (nSPS) is 20.4. The van der Waals surface area contributed by atoms with E-state index in [9.17, 15) is 0 Å². The summed E-state index contributed by atoms with van der Waals surface area (Å²) in [6.07, 6.45) is 6.30. The van der Waals surface area contributed by atoms with Gasteiger partial charge in [0.2, 0.25) is 0 Å². The Hall–Kier alpha value is -2.60. The number of anilines is 3. The third-order valence-electron chi connectivity index (χ3n) is 5.44. The maximum Gasteiger partial charge on any atom is 0.177 e. The molecule has 1 aliphatic carbocycles. The van der Waals surface area contributed by atoms with Crippen molar-refractivity contribution in [1.29, 1.82) is 0 Å². The number of fused-ring (bicyclic) bond motifs is 1. The molecule has 0 atom stereocenters. The molecule has 3 aromatic rings. The smallest absolute Gasteiger partial charge is 0.177 e. The minimum Gasteiger partial charge on any atom is -0.382 e. The summed E-state index contributed by atoms with van der Waals surface area (Å²) in [6, 6.07) is 8.50. The molecule has 2 aromatic heterocycles. The maximum absolute atomic E-state index is 6.04. The van der Waals surface area contributed by atoms with Gasteiger partial charge < -0.3 is 16.8 Å². The van der Waals surface area contributed by atoms with Gasteiger partial charge >= 0.3 is 0 Å². The predicted molar refractivity (Wildman–Crippen MR) is 106 cm³/mol. The van der Waals surface area contributed by atoms with Crippen LogP contribution in [0.25, 0.3) is 5.65 Å². The molecule has 4 rings (SSSR count). The maximum atomic E-state index is 6.04. The second-order valence-electron chi connectivity index (χ2n) is 7.45. The number of nitrogens with one attached hydrogen (secondary N) is 1. The fraction of sp³-hybridized carbons (Fsp3) is 0.400. The number of hydrogen-bond donors (Lipinski definition) is 3. The summed E-state index contributed by atoms with van der Waals surface area (Å²) in [4.78, 5) is 4.88. The van der Waals surface area contributed by atoms with Gasteiger partial charge in [0.15, 0.2) is 5.65 Å². The number of imidazole rings is 1. The number of nitrogens with two attached hydrogens (primary N) is 2. The lowest BCUT2D eigenvalue weighted by atomic mass is 9.85. The van der Waals surface area contributed by atoms with E-state index in [2.05, 4.69) is 42.5 Å². The average Bonchev–Trinajstić information content (AvgIpc) is 3.03. The summed E-state index contributed by atoms with van der Waals surface area (Å²) in [5, 5.41) is 7.86. The molecule has 0 spiro atoms. The Morgan fingerprint density at radius 3 is 2.58 bits per heavy atom. The SMILES string of the molecule is Cc1ccc(Nc2cc(N)nn3cc([C@H]4CC[C@H](N)CC4)nc23)cc1C. The number of rotatable bonds is 3. The van der Waals surface area contributed by atoms with Crippen molar-refractivity contribution in [2.75, 3.05) is 11.1 Å². The summed E-state index contributed by atoms with van der Waals surface area (Å²) in [5.74, 6) is 0.922. The molecule has 6 nitrogen and oxygen atoms in total. The molecule has 2 heterocycles. The van der Waals surface area contributed by atoms with Gasteiger partial charge in [-0.25, -0.2) is 9.50 Å². The Bertz CT molecular complexity index is 937. The van der Waals surface area contributed by atoms with Gasteiger partial charge in [-0.05, 0) is 62.8 Å². The first-order valence-corrected chi connectivity index (χ1v) is 9.25. The Balaban J connectivity index is 1.68. The summed E-state index contributed by atoms with van der Waals surface area (Å²) in [6.45, 7) is 4.22. The van der Waals surface area contributed by atoms with E-state index in [1.807, 2.05) is 12.3 Å². The van der Waals surface area contributed by atoms with E-state index in [4.69, 9.17) is 16.5 Å². The molecule has 136 valence electrons. The number of aryl methyl sites for hydroxylation is 2. The van der Waals surface area contributed by atoms with E-state index in [1.165, 1.54) is 11.1 Å². The van der Waals surface area contributed by atoms with Crippen LogP contribution in [0.4, 0.5) is 17.2 Å². The molecule has 1 saturated carbocycles. The van der Waals surface area contributed by atoms with Crippen LogP contribution in [0.5, 0.6) is 0 Å². The van der Waals surface area contributed by atoms with Crippen LogP contribution < -0.4 is 16.8 Å². The molecule has 0 aliphatic heterocycles. The van der Waals surface area contributed by atoms with E-state index in [1.54, 1.807) is 4.52 Å². The van der Waals surface area contributed by atoms with Crippen LogP contribution in [0.15, 0.2) is 30.5 Å². The van der Waals surface area contributed by atoms with Crippen LogP contribution in [0.3, 0.4) is 0 Å². The van der Waals surface area contributed by atoms with Crippen molar-refractivity contribution in [1.82, 2.24) is 14.6 Å². The van der Waals surface area contributed by atoms with Gasteiger partial charge in [0.1, 0.15) is 5.82 Å². The lowest BCUT2D eigenvalue weighted by Crippen LogP contribution is -2.25. The second-order valence-corrected chi connectivity index (χ2v) is 7.45. The van der Waals surface area contributed by atoms with Crippen LogP contribution in [0, 0.1) is 13.8 Å². The Kier molecular flexibility index (Phi) is 4.28. The van der Waals surface area contributed by atoms with Crippen molar-refractivity contribution in [3.05, 3.63) is 47.3 Å². The van der Waals surface area contributed by atoms with E-state index in [-0.39, 0.29) is 0 Å². The van der Waals surface area contributed by atoms with E-state index in [0.29, 0.717) is 17.8 Å². The zero-order valence-corrected chi connectivity index (χ0v) is 15.4. The second kappa shape index (κ2) is 6.61. The zero-order valence-electron chi connectivity index (χ0n) is 15.4. The highest BCUT2D eigenvalue weighted by Crippen LogP contribution is 2.33. The fourth-order valence-electron chi connectivity index (χ4n) is 3.69. The van der Waals surface area contributed by atoms with Gasteiger partial charge in [0.25, 0.3) is 0 Å². The molecule has 0 amide bonds. The third kappa shape index (κ3) is 3.24. The van der Waals surface area contributed by atoms with Crippen molar-refractivity contribution in [3.63, 3.8) is 0 Å². The van der Waals surface area contributed by atoms with Gasteiger partial charge in [-0.2, -0.15) is 0 Å². The first kappa shape index (κ1) is 16.8. The van der Waals surface area contributed by atoms with Crippen LogP contribution in [-0.4, -0.2) is 20.6 Å². The fourth-order valence-corrected chi connectivity index (χ4v) is 3.69. The molecule has 26 heavy (non-hydrogen) atoms. The third-order valence-corrected chi connectivity index (χ3v) is 5.44. The highest BCUT2D eigenvalue weighted by Gasteiger charge is 2.23. The van der Waals surface area contributed by atoms with Crippen molar-refractivity contribution in [2.45, 2.75) is 51.5 Å². The molecule has 0 unspecified atom stereocenters. The number of hydrogen-bond acceptors (Lipinski definition) is 5. The van der Waals surface area contributed by atoms with Gasteiger partial charge in [-0.15, -0.1) is 5.10 Å². The number of nitrogen functional groups attached to an aromatic ring is 1. The predicted octanol–water partition coefficient (Wildman–Crippen LogP) is 3.66. The largest absolute Gasteiger partial charge is 0.382 e. The van der Waals surface area contributed by atoms with Gasteiger partial charge in [-0.3, -0.25) is 0 Å². The molecule has 5 N–H and O–H groups in total. The lowest BCUT2D eigenvalue weighted by molar-refractivity contribution is 0.391. The van der Waals surface area contributed by atoms with Crippen LogP contribution in [0.2, 0.25) is 0 Å². The minimum absolute atomic E-state index is 0.332. The van der Waals surface area contributed by atoms with Gasteiger partial charge in [-0.1, -0.05) is 6.07 Å². The summed E-state index contributed by atoms with van der Waals surface area (Å²) >= 11 is 0. The first-order valence-electron chi connectivity index (χ1n) is 9.25. The molecule has 0 bridgehead atoms. The van der Waals surface area contributed by atoms with E-state index in [0.717, 1.165) is 48.4 Å². The number of benzene rings is 1. The Morgan fingerprint density at radius 2 is 1.85 bits per heavy atom.